The van der Waals surface area contributed by atoms with Crippen LogP contribution in [0, 0.1) is 68.5 Å². The predicted molar refractivity (Wildman–Crippen MR) is 170 cm³/mol. The monoisotopic (exact) mass is 587 g/mol. The lowest BCUT2D eigenvalue weighted by molar-refractivity contribution is -0.256. The molecule has 0 unspecified atom stereocenters. The molecule has 5 heteroatoms. The average molecular weight is 588 g/mol. The Kier molecular flexibility index (Phi) is 8.47. The number of fused-ring (bicyclic) bond motifs is 7. The van der Waals surface area contributed by atoms with Crippen LogP contribution in [0.3, 0.4) is 0 Å². The third-order valence-corrected chi connectivity index (χ3v) is 14.6. The van der Waals surface area contributed by atoms with Gasteiger partial charge in [0.2, 0.25) is 0 Å². The van der Waals surface area contributed by atoms with Gasteiger partial charge in [-0.1, -0.05) is 58.6 Å². The minimum Gasteiger partial charge on any atom is -0.469 e. The summed E-state index contributed by atoms with van der Waals surface area (Å²) in [6.07, 6.45) is 10.7. The summed E-state index contributed by atoms with van der Waals surface area (Å²) in [5.41, 5.74) is 0.308. The van der Waals surface area contributed by atoms with Crippen molar-refractivity contribution in [2.75, 3.05) is 27.7 Å². The van der Waals surface area contributed by atoms with E-state index in [4.69, 9.17) is 4.74 Å². The van der Waals surface area contributed by atoms with Crippen LogP contribution in [-0.2, 0) is 9.53 Å². The Bertz CT molecular complexity index is 1120. The van der Waals surface area contributed by atoms with Gasteiger partial charge in [-0.25, -0.2) is 0 Å². The van der Waals surface area contributed by atoms with Crippen LogP contribution in [0.15, 0.2) is 12.2 Å². The largest absolute Gasteiger partial charge is 0.469 e. The molecule has 41 heavy (non-hydrogen) atoms. The first-order valence-corrected chi connectivity index (χ1v) is 16.1. The standard InChI is InChI=1S/C36H57NO3.ClH/c1-24(2)25-14-18-35(30(38)40-10)21-20-33(6)26(29(25)35)12-13-28-32(5)19-22-36(39,16-11-23-37(8)9)31(3,4)27(32)15-17-34(28,33)7;/h25-29,39H,1,12-15,17-23H2,2-10H3;1H/t25-,26+,27-,28+,29+,32-,33+,34+,35-,36-;/m0./s1. The molecule has 0 aromatic rings. The van der Waals surface area contributed by atoms with E-state index in [2.05, 4.69) is 64.9 Å². The van der Waals surface area contributed by atoms with Gasteiger partial charge in [-0.05, 0) is 131 Å². The van der Waals surface area contributed by atoms with Gasteiger partial charge in [0.25, 0.3) is 0 Å². The van der Waals surface area contributed by atoms with E-state index in [1.165, 1.54) is 24.8 Å². The number of halogens is 1. The topological polar surface area (TPSA) is 49.8 Å². The molecule has 0 aromatic carbocycles. The van der Waals surface area contributed by atoms with Crippen LogP contribution in [0.1, 0.15) is 106 Å². The summed E-state index contributed by atoms with van der Waals surface area (Å²) in [6, 6.07) is 0. The highest BCUT2D eigenvalue weighted by Gasteiger charge is 2.73. The first-order chi connectivity index (χ1) is 18.5. The second kappa shape index (κ2) is 10.6. The zero-order valence-electron chi connectivity index (χ0n) is 27.5. The number of carbonyl (C=O) groups excluding carboxylic acids is 1. The normalized spacial score (nSPS) is 47.8. The molecule has 0 amide bonds. The van der Waals surface area contributed by atoms with E-state index in [0.717, 1.165) is 44.9 Å². The van der Waals surface area contributed by atoms with Crippen molar-refractivity contribution in [1.82, 2.24) is 4.90 Å². The molecule has 5 rings (SSSR count). The third-order valence-electron chi connectivity index (χ3n) is 14.6. The smallest absolute Gasteiger partial charge is 0.312 e. The molecule has 0 saturated heterocycles. The maximum absolute atomic E-state index is 13.5. The van der Waals surface area contributed by atoms with Crippen molar-refractivity contribution in [3.05, 3.63) is 12.2 Å². The molecule has 1 N–H and O–H groups in total. The number of methoxy groups -OCH3 is 1. The van der Waals surface area contributed by atoms with Gasteiger partial charge in [-0.2, -0.15) is 0 Å². The quantitative estimate of drug-likeness (QED) is 0.210. The first kappa shape index (κ1) is 32.9. The maximum Gasteiger partial charge on any atom is 0.312 e. The average Bonchev–Trinajstić information content (AvgIpc) is 3.28. The molecule has 0 spiro atoms. The van der Waals surface area contributed by atoms with Crippen molar-refractivity contribution in [2.45, 2.75) is 111 Å². The predicted octanol–water partition coefficient (Wildman–Crippen LogP) is 7.53. The van der Waals surface area contributed by atoms with Crippen LogP contribution in [-0.4, -0.2) is 49.3 Å². The number of esters is 1. The van der Waals surface area contributed by atoms with Gasteiger partial charge in [0.1, 0.15) is 5.60 Å². The fourth-order valence-electron chi connectivity index (χ4n) is 12.2. The SMILES string of the molecule is C=C(C)[C@@H]1CC[C@]2(C(=O)OC)CC[C@]3(C)[C@H](CC[C@@H]4[C@@]5(C)CC[C@@](O)(C#CCN(C)C)C(C)(C)[C@@H]5CC[C@]43C)[C@@H]12.Cl. The number of hydrogen-bond donors (Lipinski definition) is 1. The van der Waals surface area contributed by atoms with Crippen LogP contribution >= 0.6 is 12.4 Å². The summed E-state index contributed by atoms with van der Waals surface area (Å²) in [5, 5.41) is 12.0. The number of carbonyl (C=O) groups is 1. The lowest BCUT2D eigenvalue weighted by Gasteiger charge is -2.73. The Morgan fingerprint density at radius 3 is 2.22 bits per heavy atom. The summed E-state index contributed by atoms with van der Waals surface area (Å²) in [4.78, 5) is 15.5. The Morgan fingerprint density at radius 2 is 1.61 bits per heavy atom. The van der Waals surface area contributed by atoms with E-state index in [1.54, 1.807) is 7.11 Å². The summed E-state index contributed by atoms with van der Waals surface area (Å²) in [7, 11) is 5.66. The Morgan fingerprint density at radius 1 is 0.927 bits per heavy atom. The highest BCUT2D eigenvalue weighted by molar-refractivity contribution is 5.85. The van der Waals surface area contributed by atoms with Crippen LogP contribution < -0.4 is 0 Å². The molecule has 5 aliphatic carbocycles. The van der Waals surface area contributed by atoms with Crippen molar-refractivity contribution < 1.29 is 14.6 Å². The molecule has 0 aliphatic heterocycles. The second-order valence-corrected chi connectivity index (χ2v) is 16.5. The summed E-state index contributed by atoms with van der Waals surface area (Å²) in [5.74, 6) is 9.06. The molecule has 5 saturated carbocycles. The summed E-state index contributed by atoms with van der Waals surface area (Å²) >= 11 is 0. The molecule has 0 aromatic heterocycles. The fraction of sp³-hybridized carbons (Fsp3) is 0.861. The molecule has 232 valence electrons. The van der Waals surface area contributed by atoms with Crippen LogP contribution in [0.25, 0.3) is 0 Å². The molecule has 4 nitrogen and oxygen atoms in total. The van der Waals surface area contributed by atoms with Crippen LogP contribution in [0.4, 0.5) is 0 Å². The van der Waals surface area contributed by atoms with Crippen molar-refractivity contribution in [1.29, 1.82) is 0 Å². The highest BCUT2D eigenvalue weighted by atomic mass is 35.5. The number of hydrogen-bond acceptors (Lipinski definition) is 4. The van der Waals surface area contributed by atoms with Gasteiger partial charge in [-0.15, -0.1) is 12.4 Å². The first-order valence-electron chi connectivity index (χ1n) is 16.1. The molecule has 0 heterocycles. The van der Waals surface area contributed by atoms with E-state index < -0.39 is 5.60 Å². The van der Waals surface area contributed by atoms with E-state index >= 15 is 0 Å². The number of nitrogens with zero attached hydrogens (tertiary/aromatic N) is 1. The van der Waals surface area contributed by atoms with Crippen molar-refractivity contribution >= 4 is 18.4 Å². The molecule has 5 fully saturated rings. The second-order valence-electron chi connectivity index (χ2n) is 16.5. The van der Waals surface area contributed by atoms with E-state index in [1.807, 2.05) is 14.1 Å². The molecule has 0 radical (unpaired) electrons. The van der Waals surface area contributed by atoms with Crippen LogP contribution in [0.5, 0.6) is 0 Å². The van der Waals surface area contributed by atoms with E-state index in [9.17, 15) is 9.90 Å². The highest BCUT2D eigenvalue weighted by Crippen LogP contribution is 2.78. The lowest BCUT2D eigenvalue weighted by Crippen LogP contribution is -2.68. The van der Waals surface area contributed by atoms with Gasteiger partial charge in [-0.3, -0.25) is 9.69 Å². The minimum absolute atomic E-state index is 0. The van der Waals surface area contributed by atoms with Crippen molar-refractivity contribution in [2.24, 2.45) is 56.7 Å². The van der Waals surface area contributed by atoms with E-state index in [0.29, 0.717) is 36.1 Å². The Hall–Kier alpha value is -1.02. The lowest BCUT2D eigenvalue weighted by atomic mass is 9.31. The van der Waals surface area contributed by atoms with Gasteiger partial charge in [0, 0.05) is 5.41 Å². The van der Waals surface area contributed by atoms with Gasteiger partial charge >= 0.3 is 5.97 Å². The molecule has 0 bridgehead atoms. The van der Waals surface area contributed by atoms with Gasteiger partial charge in [0.15, 0.2) is 0 Å². The Balaban J connectivity index is 0.00000387. The van der Waals surface area contributed by atoms with E-state index in [-0.39, 0.29) is 45.5 Å². The maximum atomic E-state index is 13.5. The van der Waals surface area contributed by atoms with Gasteiger partial charge in [0.05, 0.1) is 19.1 Å². The zero-order valence-corrected chi connectivity index (χ0v) is 28.3. The molecular formula is C36H58ClNO3. The fourth-order valence-corrected chi connectivity index (χ4v) is 12.2. The number of ether oxygens (including phenoxy) is 1. The van der Waals surface area contributed by atoms with Crippen molar-refractivity contribution in [3.63, 3.8) is 0 Å². The molecular weight excluding hydrogens is 530 g/mol. The van der Waals surface area contributed by atoms with Crippen LogP contribution in [0.2, 0.25) is 0 Å². The Labute approximate surface area is 257 Å². The van der Waals surface area contributed by atoms with Gasteiger partial charge < -0.3 is 9.84 Å². The summed E-state index contributed by atoms with van der Waals surface area (Å²) < 4.78 is 5.53. The molecule has 5 aliphatic rings. The third kappa shape index (κ3) is 4.33. The number of aliphatic hydroxyl groups is 1. The number of allylic oxidation sites excluding steroid dienone is 1. The number of rotatable bonds is 3. The zero-order chi connectivity index (χ0) is 29.5. The summed E-state index contributed by atoms with van der Waals surface area (Å²) in [6.45, 7) is 19.7. The van der Waals surface area contributed by atoms with Crippen molar-refractivity contribution in [3.8, 4) is 11.8 Å². The molecule has 10 atom stereocenters. The minimum atomic E-state index is -0.939.